The standard InChI is InChI=1S/C18H23N2/c1-3-7-17(8-4-1)15-20(13-11-19-12-14-20)16-18-9-5-2-6-10-18/h1-10,19H,11-16H2/q+1. The van der Waals surface area contributed by atoms with E-state index in [1.165, 1.54) is 28.7 Å². The second-order valence-electron chi connectivity index (χ2n) is 5.83. The summed E-state index contributed by atoms with van der Waals surface area (Å²) in [5.41, 5.74) is 2.90. The van der Waals surface area contributed by atoms with E-state index >= 15 is 0 Å². The lowest BCUT2D eigenvalue weighted by Crippen LogP contribution is -2.57. The summed E-state index contributed by atoms with van der Waals surface area (Å²) in [4.78, 5) is 0. The van der Waals surface area contributed by atoms with E-state index in [-0.39, 0.29) is 0 Å². The molecule has 1 N–H and O–H groups in total. The van der Waals surface area contributed by atoms with Gasteiger partial charge in [-0.1, -0.05) is 60.7 Å². The molecule has 3 rings (SSSR count). The van der Waals surface area contributed by atoms with Gasteiger partial charge in [0.05, 0.1) is 13.1 Å². The number of benzene rings is 2. The smallest absolute Gasteiger partial charge is 0.105 e. The van der Waals surface area contributed by atoms with Gasteiger partial charge >= 0.3 is 0 Å². The topological polar surface area (TPSA) is 12.0 Å². The first-order valence-electron chi connectivity index (χ1n) is 7.50. The third-order valence-corrected chi connectivity index (χ3v) is 4.25. The number of piperazine rings is 1. The third kappa shape index (κ3) is 3.27. The molecular formula is C18H23N2+. The molecule has 0 aromatic heterocycles. The summed E-state index contributed by atoms with van der Waals surface area (Å²) in [6, 6.07) is 21.8. The highest BCUT2D eigenvalue weighted by molar-refractivity contribution is 5.15. The van der Waals surface area contributed by atoms with Gasteiger partial charge in [-0.05, 0) is 0 Å². The Hall–Kier alpha value is -1.64. The van der Waals surface area contributed by atoms with Crippen molar-refractivity contribution in [1.82, 2.24) is 5.32 Å². The fraction of sp³-hybridized carbons (Fsp3) is 0.333. The average molecular weight is 267 g/mol. The fourth-order valence-corrected chi connectivity index (χ4v) is 3.18. The molecule has 2 nitrogen and oxygen atoms in total. The Morgan fingerprint density at radius 2 is 1.15 bits per heavy atom. The first-order chi connectivity index (χ1) is 9.86. The highest BCUT2D eigenvalue weighted by Gasteiger charge is 2.30. The fourth-order valence-electron chi connectivity index (χ4n) is 3.18. The Labute approximate surface area is 121 Å². The second-order valence-corrected chi connectivity index (χ2v) is 5.83. The minimum Gasteiger partial charge on any atom is -0.314 e. The molecule has 0 unspecified atom stereocenters. The molecule has 0 bridgehead atoms. The number of nitrogens with zero attached hydrogens (tertiary/aromatic N) is 1. The first-order valence-corrected chi connectivity index (χ1v) is 7.50. The van der Waals surface area contributed by atoms with E-state index in [1.807, 2.05) is 0 Å². The average Bonchev–Trinajstić information content (AvgIpc) is 2.50. The van der Waals surface area contributed by atoms with Gasteiger partial charge in [-0.25, -0.2) is 0 Å². The maximum absolute atomic E-state index is 3.50. The molecule has 104 valence electrons. The van der Waals surface area contributed by atoms with Crippen LogP contribution in [0.2, 0.25) is 0 Å². The predicted octanol–water partition coefficient (Wildman–Crippen LogP) is 2.81. The zero-order valence-corrected chi connectivity index (χ0v) is 12.0. The molecular weight excluding hydrogens is 244 g/mol. The van der Waals surface area contributed by atoms with Gasteiger partial charge in [0, 0.05) is 24.2 Å². The van der Waals surface area contributed by atoms with E-state index in [1.54, 1.807) is 0 Å². The number of hydrogen-bond donors (Lipinski definition) is 1. The van der Waals surface area contributed by atoms with Crippen LogP contribution in [-0.4, -0.2) is 30.7 Å². The number of rotatable bonds is 4. The minimum absolute atomic E-state index is 1.12. The Morgan fingerprint density at radius 1 is 0.700 bits per heavy atom. The summed E-state index contributed by atoms with van der Waals surface area (Å²) < 4.78 is 1.17. The van der Waals surface area contributed by atoms with Gasteiger partial charge in [0.1, 0.15) is 13.1 Å². The van der Waals surface area contributed by atoms with E-state index in [2.05, 4.69) is 66.0 Å². The van der Waals surface area contributed by atoms with Crippen LogP contribution in [0.25, 0.3) is 0 Å². The van der Waals surface area contributed by atoms with Crippen LogP contribution in [0.15, 0.2) is 60.7 Å². The molecule has 1 aliphatic heterocycles. The summed E-state index contributed by atoms with van der Waals surface area (Å²) in [7, 11) is 0. The molecule has 0 spiro atoms. The highest BCUT2D eigenvalue weighted by atomic mass is 15.4. The van der Waals surface area contributed by atoms with Gasteiger partial charge < -0.3 is 9.80 Å². The largest absolute Gasteiger partial charge is 0.314 e. The Kier molecular flexibility index (Phi) is 4.14. The van der Waals surface area contributed by atoms with Gasteiger partial charge in [-0.15, -0.1) is 0 Å². The normalized spacial score (nSPS) is 17.8. The Morgan fingerprint density at radius 3 is 1.60 bits per heavy atom. The van der Waals surface area contributed by atoms with Gasteiger partial charge in [0.2, 0.25) is 0 Å². The minimum atomic E-state index is 1.12. The van der Waals surface area contributed by atoms with Gasteiger partial charge in [-0.3, -0.25) is 0 Å². The lowest BCUT2D eigenvalue weighted by molar-refractivity contribution is -0.955. The summed E-state index contributed by atoms with van der Waals surface area (Å²) in [6.07, 6.45) is 0. The maximum atomic E-state index is 3.50. The molecule has 0 radical (unpaired) electrons. The zero-order chi connectivity index (χ0) is 13.7. The number of nitrogens with one attached hydrogen (secondary N) is 1. The van der Waals surface area contributed by atoms with Crippen molar-refractivity contribution >= 4 is 0 Å². The molecule has 1 aliphatic rings. The van der Waals surface area contributed by atoms with Crippen molar-refractivity contribution in [3.63, 3.8) is 0 Å². The molecule has 2 aromatic rings. The third-order valence-electron chi connectivity index (χ3n) is 4.25. The molecule has 1 fully saturated rings. The van der Waals surface area contributed by atoms with Crippen LogP contribution in [0.1, 0.15) is 11.1 Å². The quantitative estimate of drug-likeness (QED) is 0.840. The van der Waals surface area contributed by atoms with Crippen LogP contribution in [0.5, 0.6) is 0 Å². The van der Waals surface area contributed by atoms with Crippen molar-refractivity contribution in [2.75, 3.05) is 26.2 Å². The van der Waals surface area contributed by atoms with E-state index < -0.39 is 0 Å². The highest BCUT2D eigenvalue weighted by Crippen LogP contribution is 2.20. The predicted molar refractivity (Wildman–Crippen MR) is 83.2 cm³/mol. The summed E-state index contributed by atoms with van der Waals surface area (Å²) in [5.74, 6) is 0. The van der Waals surface area contributed by atoms with Gasteiger partial charge in [0.25, 0.3) is 0 Å². The van der Waals surface area contributed by atoms with E-state index in [0.717, 1.165) is 26.2 Å². The zero-order valence-electron chi connectivity index (χ0n) is 12.0. The van der Waals surface area contributed by atoms with Crippen molar-refractivity contribution in [2.24, 2.45) is 0 Å². The summed E-state index contributed by atoms with van der Waals surface area (Å²) in [6.45, 7) is 6.95. The Balaban J connectivity index is 1.81. The van der Waals surface area contributed by atoms with Gasteiger partial charge in [0.15, 0.2) is 0 Å². The molecule has 1 heterocycles. The molecule has 20 heavy (non-hydrogen) atoms. The van der Waals surface area contributed by atoms with Crippen molar-refractivity contribution < 1.29 is 4.48 Å². The Bertz CT molecular complexity index is 472. The number of quaternary nitrogens is 1. The maximum Gasteiger partial charge on any atom is 0.105 e. The summed E-state index contributed by atoms with van der Waals surface area (Å²) in [5, 5.41) is 3.50. The van der Waals surface area contributed by atoms with Crippen molar-refractivity contribution in [3.05, 3.63) is 71.8 Å². The van der Waals surface area contributed by atoms with Crippen LogP contribution in [0.4, 0.5) is 0 Å². The first kappa shape index (κ1) is 13.3. The van der Waals surface area contributed by atoms with E-state index in [0.29, 0.717) is 0 Å². The van der Waals surface area contributed by atoms with E-state index in [9.17, 15) is 0 Å². The summed E-state index contributed by atoms with van der Waals surface area (Å²) >= 11 is 0. The van der Waals surface area contributed by atoms with Crippen LogP contribution >= 0.6 is 0 Å². The monoisotopic (exact) mass is 267 g/mol. The molecule has 1 saturated heterocycles. The molecule has 0 atom stereocenters. The van der Waals surface area contributed by atoms with Crippen LogP contribution in [0.3, 0.4) is 0 Å². The lowest BCUT2D eigenvalue weighted by Gasteiger charge is -2.42. The molecule has 0 amide bonds. The van der Waals surface area contributed by atoms with E-state index in [4.69, 9.17) is 0 Å². The van der Waals surface area contributed by atoms with Crippen LogP contribution < -0.4 is 5.32 Å². The molecule has 0 saturated carbocycles. The van der Waals surface area contributed by atoms with Crippen LogP contribution in [0, 0.1) is 0 Å². The van der Waals surface area contributed by atoms with Crippen molar-refractivity contribution in [3.8, 4) is 0 Å². The van der Waals surface area contributed by atoms with Gasteiger partial charge in [-0.2, -0.15) is 0 Å². The second kappa shape index (κ2) is 6.21. The molecule has 0 aliphatic carbocycles. The van der Waals surface area contributed by atoms with Crippen molar-refractivity contribution in [1.29, 1.82) is 0 Å². The lowest BCUT2D eigenvalue weighted by atomic mass is 10.1. The molecule has 2 aromatic carbocycles. The SMILES string of the molecule is c1ccc(C[N+]2(Cc3ccccc3)CCNCC2)cc1. The van der Waals surface area contributed by atoms with Crippen LogP contribution in [-0.2, 0) is 13.1 Å². The van der Waals surface area contributed by atoms with Crippen molar-refractivity contribution in [2.45, 2.75) is 13.1 Å². The molecule has 2 heteroatoms. The number of hydrogen-bond acceptors (Lipinski definition) is 1.